The highest BCUT2D eigenvalue weighted by Gasteiger charge is 2.10. The van der Waals surface area contributed by atoms with Gasteiger partial charge in [0.2, 0.25) is 0 Å². The number of H-pyrrole nitrogens is 1. The van der Waals surface area contributed by atoms with E-state index >= 15 is 0 Å². The van der Waals surface area contributed by atoms with E-state index in [-0.39, 0.29) is 11.3 Å². The summed E-state index contributed by atoms with van der Waals surface area (Å²) >= 11 is 0. The van der Waals surface area contributed by atoms with Crippen LogP contribution < -0.4 is 11.1 Å². The van der Waals surface area contributed by atoms with E-state index < -0.39 is 16.6 Å². The van der Waals surface area contributed by atoms with Crippen LogP contribution in [0.4, 0.5) is 11.4 Å². The van der Waals surface area contributed by atoms with E-state index in [2.05, 4.69) is 10.3 Å². The topological polar surface area (TPSA) is 118 Å². The highest BCUT2D eigenvalue weighted by atomic mass is 16.6. The maximum Gasteiger partial charge on any atom is 0.417 e. The highest BCUT2D eigenvalue weighted by Crippen LogP contribution is 2.18. The number of nitro groups is 1. The summed E-state index contributed by atoms with van der Waals surface area (Å²) in [5, 5.41) is 13.2. The van der Waals surface area contributed by atoms with Crippen molar-refractivity contribution in [2.24, 2.45) is 0 Å². The van der Waals surface area contributed by atoms with Crippen molar-refractivity contribution in [1.29, 1.82) is 0 Å². The van der Waals surface area contributed by atoms with Gasteiger partial charge in [-0.1, -0.05) is 0 Å². The molecule has 2 aromatic carbocycles. The summed E-state index contributed by atoms with van der Waals surface area (Å²) in [4.78, 5) is 35.6. The maximum atomic E-state index is 12.1. The Morgan fingerprint density at radius 1 is 1.18 bits per heavy atom. The van der Waals surface area contributed by atoms with Gasteiger partial charge in [0.05, 0.1) is 10.4 Å². The van der Waals surface area contributed by atoms with Crippen LogP contribution in [0.2, 0.25) is 0 Å². The normalized spacial score (nSPS) is 10.5. The number of fused-ring (bicyclic) bond motifs is 1. The van der Waals surface area contributed by atoms with E-state index in [0.29, 0.717) is 16.8 Å². The fraction of sp³-hybridized carbons (Fsp3) is 0. The number of carbonyl (C=O) groups excluding carboxylic acids is 1. The van der Waals surface area contributed by atoms with Gasteiger partial charge in [-0.25, -0.2) is 4.79 Å². The number of carbonyl (C=O) groups is 1. The first kappa shape index (κ1) is 13.6. The first-order valence-corrected chi connectivity index (χ1v) is 6.21. The van der Waals surface area contributed by atoms with Crippen LogP contribution in [0.3, 0.4) is 0 Å². The molecule has 1 aromatic heterocycles. The third-order valence-corrected chi connectivity index (χ3v) is 3.02. The summed E-state index contributed by atoms with van der Waals surface area (Å²) in [6, 6.07) is 9.94. The molecule has 3 aromatic rings. The molecule has 22 heavy (non-hydrogen) atoms. The molecular formula is C14H9N3O5. The number of nitro benzene ring substituents is 1. The van der Waals surface area contributed by atoms with Crippen LogP contribution in [0.25, 0.3) is 11.1 Å². The molecule has 3 rings (SSSR count). The van der Waals surface area contributed by atoms with Crippen molar-refractivity contribution < 1.29 is 14.1 Å². The molecule has 110 valence electrons. The van der Waals surface area contributed by atoms with Crippen molar-refractivity contribution in [1.82, 2.24) is 4.98 Å². The summed E-state index contributed by atoms with van der Waals surface area (Å²) in [7, 11) is 0. The number of oxazole rings is 1. The molecule has 0 saturated heterocycles. The van der Waals surface area contributed by atoms with Crippen molar-refractivity contribution >= 4 is 28.4 Å². The summed E-state index contributed by atoms with van der Waals surface area (Å²) in [5.41, 5.74) is 1.51. The average molecular weight is 299 g/mol. The lowest BCUT2D eigenvalue weighted by molar-refractivity contribution is -0.384. The number of nitrogens with zero attached hydrogens (tertiary/aromatic N) is 1. The van der Waals surface area contributed by atoms with Crippen molar-refractivity contribution in [3.05, 3.63) is 68.7 Å². The minimum atomic E-state index is -0.575. The van der Waals surface area contributed by atoms with Crippen molar-refractivity contribution in [3.63, 3.8) is 0 Å². The number of hydrogen-bond donors (Lipinski definition) is 2. The van der Waals surface area contributed by atoms with E-state index in [1.807, 2.05) is 0 Å². The standard InChI is InChI=1S/C14H9N3O5/c18-13(8-1-4-10(5-2-8)17(20)21)15-9-3-6-12-11(7-9)16-14(19)22-12/h1-7H,(H,15,18)(H,16,19). The molecule has 0 aliphatic carbocycles. The number of hydrogen-bond acceptors (Lipinski definition) is 5. The number of non-ortho nitro benzene ring substituents is 1. The zero-order valence-corrected chi connectivity index (χ0v) is 11.0. The molecule has 1 amide bonds. The van der Waals surface area contributed by atoms with Gasteiger partial charge < -0.3 is 9.73 Å². The van der Waals surface area contributed by atoms with Crippen LogP contribution in [-0.4, -0.2) is 15.8 Å². The quantitative estimate of drug-likeness (QED) is 0.568. The minimum Gasteiger partial charge on any atom is -0.408 e. The van der Waals surface area contributed by atoms with E-state index in [9.17, 15) is 19.7 Å². The van der Waals surface area contributed by atoms with Gasteiger partial charge in [-0.3, -0.25) is 19.9 Å². The van der Waals surface area contributed by atoms with Crippen LogP contribution in [0.15, 0.2) is 51.7 Å². The summed E-state index contributed by atoms with van der Waals surface area (Å²) in [6.45, 7) is 0. The molecule has 0 bridgehead atoms. The predicted octanol–water partition coefficient (Wildman–Crippen LogP) is 2.28. The van der Waals surface area contributed by atoms with Crippen LogP contribution in [0, 0.1) is 10.1 Å². The summed E-state index contributed by atoms with van der Waals surface area (Å²) < 4.78 is 4.86. The number of amides is 1. The zero-order valence-electron chi connectivity index (χ0n) is 11.0. The Morgan fingerprint density at radius 3 is 2.59 bits per heavy atom. The van der Waals surface area contributed by atoms with E-state index in [1.54, 1.807) is 18.2 Å². The second-order valence-corrected chi connectivity index (χ2v) is 4.48. The average Bonchev–Trinajstić information content (AvgIpc) is 2.86. The monoisotopic (exact) mass is 299 g/mol. The molecule has 0 radical (unpaired) electrons. The molecule has 8 nitrogen and oxygen atoms in total. The molecule has 1 heterocycles. The number of benzene rings is 2. The number of aromatic nitrogens is 1. The van der Waals surface area contributed by atoms with Crippen LogP contribution in [0.1, 0.15) is 10.4 Å². The van der Waals surface area contributed by atoms with Crippen molar-refractivity contribution in [2.45, 2.75) is 0 Å². The zero-order chi connectivity index (χ0) is 15.7. The summed E-state index contributed by atoms with van der Waals surface area (Å²) in [5.74, 6) is -0.992. The van der Waals surface area contributed by atoms with E-state index in [1.165, 1.54) is 24.3 Å². The first-order valence-electron chi connectivity index (χ1n) is 6.21. The molecule has 0 aliphatic heterocycles. The first-order chi connectivity index (χ1) is 10.5. The Bertz CT molecular complexity index is 924. The van der Waals surface area contributed by atoms with Gasteiger partial charge >= 0.3 is 5.76 Å². The molecule has 0 spiro atoms. The Kier molecular flexibility index (Phi) is 3.18. The molecule has 2 N–H and O–H groups in total. The SMILES string of the molecule is O=C(Nc1ccc2oc(=O)[nH]c2c1)c1ccc([N+](=O)[O-])cc1. The van der Waals surface area contributed by atoms with Gasteiger partial charge in [-0.15, -0.1) is 0 Å². The lowest BCUT2D eigenvalue weighted by atomic mass is 10.2. The molecule has 0 unspecified atom stereocenters. The third kappa shape index (κ3) is 2.57. The largest absolute Gasteiger partial charge is 0.417 e. The molecular weight excluding hydrogens is 290 g/mol. The van der Waals surface area contributed by atoms with Gasteiger partial charge in [0.1, 0.15) is 0 Å². The molecule has 0 saturated carbocycles. The fourth-order valence-electron chi connectivity index (χ4n) is 1.97. The second kappa shape index (κ2) is 5.17. The van der Waals surface area contributed by atoms with E-state index in [0.717, 1.165) is 0 Å². The van der Waals surface area contributed by atoms with Gasteiger partial charge in [0.25, 0.3) is 11.6 Å². The molecule has 0 fully saturated rings. The smallest absolute Gasteiger partial charge is 0.408 e. The Labute approximate surface area is 122 Å². The van der Waals surface area contributed by atoms with E-state index in [4.69, 9.17) is 4.42 Å². The number of rotatable bonds is 3. The lowest BCUT2D eigenvalue weighted by Gasteiger charge is -2.04. The lowest BCUT2D eigenvalue weighted by Crippen LogP contribution is -2.11. The van der Waals surface area contributed by atoms with Gasteiger partial charge in [0.15, 0.2) is 5.58 Å². The van der Waals surface area contributed by atoms with Gasteiger partial charge in [0, 0.05) is 23.4 Å². The molecule has 0 aliphatic rings. The second-order valence-electron chi connectivity index (χ2n) is 4.48. The van der Waals surface area contributed by atoms with Gasteiger partial charge in [-0.05, 0) is 30.3 Å². The third-order valence-electron chi connectivity index (χ3n) is 3.02. The van der Waals surface area contributed by atoms with Crippen LogP contribution in [-0.2, 0) is 0 Å². The Balaban J connectivity index is 1.82. The predicted molar refractivity (Wildman–Crippen MR) is 77.9 cm³/mol. The van der Waals surface area contributed by atoms with Crippen molar-refractivity contribution in [2.75, 3.05) is 5.32 Å². The van der Waals surface area contributed by atoms with Crippen LogP contribution in [0.5, 0.6) is 0 Å². The number of nitrogens with one attached hydrogen (secondary N) is 2. The number of aromatic amines is 1. The fourth-order valence-corrected chi connectivity index (χ4v) is 1.97. The minimum absolute atomic E-state index is 0.0889. The summed E-state index contributed by atoms with van der Waals surface area (Å²) in [6.07, 6.45) is 0. The van der Waals surface area contributed by atoms with Crippen molar-refractivity contribution in [3.8, 4) is 0 Å². The molecule has 0 atom stereocenters. The molecule has 8 heteroatoms. The highest BCUT2D eigenvalue weighted by molar-refractivity contribution is 6.05. The Hall–Kier alpha value is -3.42. The van der Waals surface area contributed by atoms with Gasteiger partial charge in [-0.2, -0.15) is 0 Å². The van der Waals surface area contributed by atoms with Crippen LogP contribution >= 0.6 is 0 Å². The maximum absolute atomic E-state index is 12.1. The Morgan fingerprint density at radius 2 is 1.91 bits per heavy atom. The number of anilines is 1.